The van der Waals surface area contributed by atoms with Crippen LogP contribution in [0.15, 0.2) is 12.1 Å². The zero-order valence-corrected chi connectivity index (χ0v) is 13.3. The van der Waals surface area contributed by atoms with Gasteiger partial charge in [0.05, 0.1) is 6.61 Å². The molecular formula is C15H21N3O2S. The standard InChI is InChI=1S/C15H21N3O2S/c1-3-20-15(19)12-6-4-5-7-18(12)13-9-11(14(16)21)8-10(2)17-13/h8-9,12H,3-7H2,1-2H3,(H2,16,21). The van der Waals surface area contributed by atoms with Crippen LogP contribution in [0, 0.1) is 6.92 Å². The maximum atomic E-state index is 12.1. The van der Waals surface area contributed by atoms with Crippen molar-refractivity contribution in [3.63, 3.8) is 0 Å². The topological polar surface area (TPSA) is 68.5 Å². The lowest BCUT2D eigenvalue weighted by Gasteiger charge is -2.35. The highest BCUT2D eigenvalue weighted by Crippen LogP contribution is 2.25. The van der Waals surface area contributed by atoms with Crippen LogP contribution in [0.1, 0.15) is 37.4 Å². The summed E-state index contributed by atoms with van der Waals surface area (Å²) in [7, 11) is 0. The van der Waals surface area contributed by atoms with Gasteiger partial charge in [0, 0.05) is 17.8 Å². The molecule has 1 aliphatic heterocycles. The van der Waals surface area contributed by atoms with Gasteiger partial charge in [0.15, 0.2) is 0 Å². The Morgan fingerprint density at radius 1 is 1.52 bits per heavy atom. The Hall–Kier alpha value is -1.69. The van der Waals surface area contributed by atoms with Crippen molar-refractivity contribution < 1.29 is 9.53 Å². The van der Waals surface area contributed by atoms with Crippen LogP contribution in [0.2, 0.25) is 0 Å². The molecule has 0 spiro atoms. The molecule has 1 aliphatic rings. The van der Waals surface area contributed by atoms with Gasteiger partial charge in [0.1, 0.15) is 16.8 Å². The number of anilines is 1. The molecule has 21 heavy (non-hydrogen) atoms. The number of esters is 1. The number of aryl methyl sites for hydroxylation is 1. The molecule has 0 aromatic carbocycles. The Bertz CT molecular complexity index is 548. The van der Waals surface area contributed by atoms with E-state index in [-0.39, 0.29) is 12.0 Å². The van der Waals surface area contributed by atoms with Crippen LogP contribution < -0.4 is 10.6 Å². The van der Waals surface area contributed by atoms with Gasteiger partial charge in [-0.05, 0) is 45.2 Å². The van der Waals surface area contributed by atoms with Crippen molar-refractivity contribution in [2.24, 2.45) is 5.73 Å². The van der Waals surface area contributed by atoms with Crippen molar-refractivity contribution in [1.29, 1.82) is 0 Å². The van der Waals surface area contributed by atoms with E-state index in [9.17, 15) is 4.79 Å². The molecule has 6 heteroatoms. The quantitative estimate of drug-likeness (QED) is 0.677. The van der Waals surface area contributed by atoms with Gasteiger partial charge in [0.25, 0.3) is 0 Å². The molecule has 0 amide bonds. The van der Waals surface area contributed by atoms with Gasteiger partial charge >= 0.3 is 5.97 Å². The van der Waals surface area contributed by atoms with E-state index in [2.05, 4.69) is 4.98 Å². The molecule has 5 nitrogen and oxygen atoms in total. The number of thiocarbonyl (C=S) groups is 1. The third kappa shape index (κ3) is 3.69. The summed E-state index contributed by atoms with van der Waals surface area (Å²) in [5, 5.41) is 0. The van der Waals surface area contributed by atoms with Crippen molar-refractivity contribution in [2.45, 2.75) is 39.2 Å². The lowest BCUT2D eigenvalue weighted by molar-refractivity contribution is -0.145. The molecule has 0 bridgehead atoms. The summed E-state index contributed by atoms with van der Waals surface area (Å²) in [6, 6.07) is 3.44. The Balaban J connectivity index is 2.32. The van der Waals surface area contributed by atoms with Gasteiger partial charge in [0.2, 0.25) is 0 Å². The van der Waals surface area contributed by atoms with Crippen LogP contribution in [0.4, 0.5) is 5.82 Å². The van der Waals surface area contributed by atoms with E-state index < -0.39 is 0 Å². The predicted octanol–water partition coefficient (Wildman–Crippen LogP) is 1.95. The third-order valence-corrected chi connectivity index (χ3v) is 3.82. The fourth-order valence-corrected chi connectivity index (χ4v) is 2.75. The Morgan fingerprint density at radius 2 is 2.29 bits per heavy atom. The summed E-state index contributed by atoms with van der Waals surface area (Å²) in [5.41, 5.74) is 7.33. The van der Waals surface area contributed by atoms with E-state index in [1.165, 1.54) is 0 Å². The number of nitrogens with zero attached hydrogens (tertiary/aromatic N) is 2. The first-order valence-electron chi connectivity index (χ1n) is 7.24. The first-order valence-corrected chi connectivity index (χ1v) is 7.65. The van der Waals surface area contributed by atoms with Crippen LogP contribution in [0.3, 0.4) is 0 Å². The van der Waals surface area contributed by atoms with Crippen molar-refractivity contribution in [3.8, 4) is 0 Å². The fourth-order valence-electron chi connectivity index (χ4n) is 2.63. The highest BCUT2D eigenvalue weighted by Gasteiger charge is 2.31. The number of ether oxygens (including phenoxy) is 1. The van der Waals surface area contributed by atoms with E-state index >= 15 is 0 Å². The summed E-state index contributed by atoms with van der Waals surface area (Å²) in [6.07, 6.45) is 2.85. The number of nitrogens with two attached hydrogens (primary N) is 1. The molecular weight excluding hydrogens is 286 g/mol. The molecule has 1 aromatic heterocycles. The van der Waals surface area contributed by atoms with E-state index in [1.54, 1.807) is 0 Å². The zero-order chi connectivity index (χ0) is 15.4. The number of carbonyl (C=O) groups excluding carboxylic acids is 1. The van der Waals surface area contributed by atoms with E-state index in [1.807, 2.05) is 30.9 Å². The molecule has 1 saturated heterocycles. The second kappa shape index (κ2) is 6.85. The lowest BCUT2D eigenvalue weighted by atomic mass is 10.0. The van der Waals surface area contributed by atoms with E-state index in [4.69, 9.17) is 22.7 Å². The number of carbonyl (C=O) groups is 1. The molecule has 2 heterocycles. The van der Waals surface area contributed by atoms with Gasteiger partial charge < -0.3 is 15.4 Å². The SMILES string of the molecule is CCOC(=O)C1CCCCN1c1cc(C(N)=S)cc(C)n1. The second-order valence-corrected chi connectivity index (χ2v) is 5.62. The molecule has 114 valence electrons. The van der Waals surface area contributed by atoms with Gasteiger partial charge in [-0.3, -0.25) is 0 Å². The molecule has 1 aromatic rings. The Morgan fingerprint density at radius 3 is 2.95 bits per heavy atom. The Labute approximate surface area is 130 Å². The smallest absolute Gasteiger partial charge is 0.328 e. The van der Waals surface area contributed by atoms with Gasteiger partial charge in [-0.1, -0.05) is 12.2 Å². The maximum absolute atomic E-state index is 12.1. The predicted molar refractivity (Wildman–Crippen MR) is 86.5 cm³/mol. The zero-order valence-electron chi connectivity index (χ0n) is 12.5. The molecule has 2 rings (SSSR count). The molecule has 0 saturated carbocycles. The largest absolute Gasteiger partial charge is 0.464 e. The maximum Gasteiger partial charge on any atom is 0.328 e. The van der Waals surface area contributed by atoms with Gasteiger partial charge in [-0.15, -0.1) is 0 Å². The number of hydrogen-bond donors (Lipinski definition) is 1. The molecule has 2 N–H and O–H groups in total. The van der Waals surface area contributed by atoms with Crippen LogP contribution >= 0.6 is 12.2 Å². The van der Waals surface area contributed by atoms with Crippen molar-refractivity contribution in [3.05, 3.63) is 23.4 Å². The highest BCUT2D eigenvalue weighted by atomic mass is 32.1. The molecule has 1 atom stereocenters. The summed E-state index contributed by atoms with van der Waals surface area (Å²) in [5.74, 6) is 0.563. The number of hydrogen-bond acceptors (Lipinski definition) is 5. The summed E-state index contributed by atoms with van der Waals surface area (Å²) < 4.78 is 5.18. The van der Waals surface area contributed by atoms with E-state index in [0.29, 0.717) is 11.6 Å². The van der Waals surface area contributed by atoms with Crippen molar-refractivity contribution >= 4 is 29.0 Å². The van der Waals surface area contributed by atoms with Gasteiger partial charge in [-0.25, -0.2) is 9.78 Å². The third-order valence-electron chi connectivity index (χ3n) is 3.58. The molecule has 1 unspecified atom stereocenters. The molecule has 1 fully saturated rings. The first-order chi connectivity index (χ1) is 10.0. The average molecular weight is 307 g/mol. The monoisotopic (exact) mass is 307 g/mol. The highest BCUT2D eigenvalue weighted by molar-refractivity contribution is 7.80. The number of piperidine rings is 1. The number of rotatable bonds is 4. The number of pyridine rings is 1. The minimum atomic E-state index is -0.271. The summed E-state index contributed by atoms with van der Waals surface area (Å²) in [4.78, 5) is 19.0. The van der Waals surface area contributed by atoms with Crippen LogP contribution in [-0.2, 0) is 9.53 Å². The van der Waals surface area contributed by atoms with Crippen LogP contribution in [0.25, 0.3) is 0 Å². The second-order valence-electron chi connectivity index (χ2n) is 5.18. The van der Waals surface area contributed by atoms with Crippen LogP contribution in [0.5, 0.6) is 0 Å². The van der Waals surface area contributed by atoms with E-state index in [0.717, 1.165) is 42.9 Å². The number of aromatic nitrogens is 1. The molecule has 0 radical (unpaired) electrons. The lowest BCUT2D eigenvalue weighted by Crippen LogP contribution is -2.46. The summed E-state index contributed by atoms with van der Waals surface area (Å²) >= 11 is 5.05. The Kier molecular flexibility index (Phi) is 5.12. The van der Waals surface area contributed by atoms with Crippen molar-refractivity contribution in [2.75, 3.05) is 18.1 Å². The first kappa shape index (κ1) is 15.7. The minimum absolute atomic E-state index is 0.183. The van der Waals surface area contributed by atoms with Gasteiger partial charge in [-0.2, -0.15) is 0 Å². The normalized spacial score (nSPS) is 18.4. The molecule has 0 aliphatic carbocycles. The fraction of sp³-hybridized carbons (Fsp3) is 0.533. The average Bonchev–Trinajstić information content (AvgIpc) is 2.46. The van der Waals surface area contributed by atoms with Crippen LogP contribution in [-0.4, -0.2) is 35.1 Å². The summed E-state index contributed by atoms with van der Waals surface area (Å²) in [6.45, 7) is 4.90. The minimum Gasteiger partial charge on any atom is -0.464 e. The van der Waals surface area contributed by atoms with Crippen molar-refractivity contribution in [1.82, 2.24) is 4.98 Å².